The van der Waals surface area contributed by atoms with E-state index in [9.17, 15) is 4.39 Å². The molecule has 4 heterocycles. The second-order valence-corrected chi connectivity index (χ2v) is 12.8. The van der Waals surface area contributed by atoms with Crippen molar-refractivity contribution in [3.63, 3.8) is 0 Å². The summed E-state index contributed by atoms with van der Waals surface area (Å²) < 4.78 is 14.8. The Bertz CT molecular complexity index is 1890. The van der Waals surface area contributed by atoms with Crippen LogP contribution in [0.5, 0.6) is 0 Å². The maximum Gasteiger partial charge on any atom is 0.125 e. The number of anilines is 2. The van der Waals surface area contributed by atoms with Gasteiger partial charge in [0.15, 0.2) is 0 Å². The Hall–Kier alpha value is -4.67. The van der Waals surface area contributed by atoms with Crippen molar-refractivity contribution in [1.29, 1.82) is 0 Å². The molecule has 0 aliphatic heterocycles. The number of pyridine rings is 2. The molecule has 5 rings (SSSR count). The molecule has 0 unspecified atom stereocenters. The van der Waals surface area contributed by atoms with Crippen LogP contribution >= 0.6 is 12.2 Å². The van der Waals surface area contributed by atoms with E-state index in [1.54, 1.807) is 30.7 Å². The van der Waals surface area contributed by atoms with Crippen LogP contribution < -0.4 is 10.6 Å². The van der Waals surface area contributed by atoms with Gasteiger partial charge in [0.25, 0.3) is 0 Å². The second kappa shape index (κ2) is 13.1. The summed E-state index contributed by atoms with van der Waals surface area (Å²) in [6.07, 6.45) is 8.94. The van der Waals surface area contributed by atoms with Crippen LogP contribution in [0.1, 0.15) is 37.6 Å². The molecule has 0 spiro atoms. The Balaban J connectivity index is 1.49. The molecule has 0 aliphatic rings. The number of allylic oxidation sites excluding steroid dienone is 2. The highest BCUT2D eigenvalue weighted by molar-refractivity contribution is 7.80. The minimum absolute atomic E-state index is 0.165. The van der Waals surface area contributed by atoms with Crippen molar-refractivity contribution in [3.05, 3.63) is 96.4 Å². The molecule has 0 amide bonds. The number of rotatable bonds is 10. The largest absolute Gasteiger partial charge is 0.384 e. The van der Waals surface area contributed by atoms with Crippen molar-refractivity contribution in [2.75, 3.05) is 37.8 Å². The lowest BCUT2D eigenvalue weighted by atomic mass is 9.96. The zero-order chi connectivity index (χ0) is 32.3. The maximum absolute atomic E-state index is 14.8. The number of benzene rings is 1. The molecule has 45 heavy (non-hydrogen) atoms. The first-order chi connectivity index (χ1) is 21.4. The van der Waals surface area contributed by atoms with E-state index in [4.69, 9.17) is 12.2 Å². The summed E-state index contributed by atoms with van der Waals surface area (Å²) >= 11 is 5.57. The van der Waals surface area contributed by atoms with Crippen LogP contribution in [0.2, 0.25) is 0 Å². The average molecular weight is 623 g/mol. The number of likely N-dealkylation sites (N-methyl/N-ethyl adjacent to an activating group) is 1. The Kier molecular flexibility index (Phi) is 9.27. The second-order valence-electron chi connectivity index (χ2n) is 12.4. The van der Waals surface area contributed by atoms with Gasteiger partial charge in [-0.25, -0.2) is 4.39 Å². The van der Waals surface area contributed by atoms with E-state index in [1.165, 1.54) is 6.07 Å². The fourth-order valence-corrected chi connectivity index (χ4v) is 5.06. The summed E-state index contributed by atoms with van der Waals surface area (Å²) in [6, 6.07) is 11.1. The summed E-state index contributed by atoms with van der Waals surface area (Å²) in [7, 11) is 4.01. The van der Waals surface area contributed by atoms with Crippen molar-refractivity contribution in [1.82, 2.24) is 30.0 Å². The van der Waals surface area contributed by atoms with Gasteiger partial charge in [-0.3, -0.25) is 15.1 Å². The van der Waals surface area contributed by atoms with Crippen LogP contribution in [0.25, 0.3) is 39.1 Å². The summed E-state index contributed by atoms with van der Waals surface area (Å²) in [5.41, 5.74) is 8.81. The number of nitrogens with one attached hydrogen (secondary N) is 4. The van der Waals surface area contributed by atoms with Crippen LogP contribution in [0.15, 0.2) is 73.7 Å². The smallest absolute Gasteiger partial charge is 0.125 e. The van der Waals surface area contributed by atoms with E-state index in [0.29, 0.717) is 6.54 Å². The summed E-state index contributed by atoms with van der Waals surface area (Å²) in [5.74, 6) is -0.310. The highest BCUT2D eigenvalue weighted by atomic mass is 32.1. The molecule has 0 aliphatic carbocycles. The third-order valence-electron chi connectivity index (χ3n) is 7.36. The van der Waals surface area contributed by atoms with Gasteiger partial charge in [-0.05, 0) is 68.6 Å². The van der Waals surface area contributed by atoms with Crippen LogP contribution in [-0.4, -0.2) is 62.2 Å². The number of hydrogen-bond donors (Lipinski definition) is 4. The lowest BCUT2D eigenvalue weighted by molar-refractivity contribution is 0.425. The van der Waals surface area contributed by atoms with E-state index < -0.39 is 0 Å². The minimum atomic E-state index is -0.310. The molecule has 0 bridgehead atoms. The number of halogens is 1. The molecule has 232 valence electrons. The number of fused-ring (bicyclic) bond motifs is 1. The number of nitrogens with zero attached hydrogens (tertiary/aromatic N) is 4. The molecule has 8 nitrogen and oxygen atoms in total. The summed E-state index contributed by atoms with van der Waals surface area (Å²) in [6.45, 7) is 13.7. The zero-order valence-corrected chi connectivity index (χ0v) is 27.4. The zero-order valence-electron chi connectivity index (χ0n) is 26.5. The molecule has 1 aromatic carbocycles. The first kappa shape index (κ1) is 31.7. The molecule has 0 fully saturated rings. The Morgan fingerprint density at radius 2 is 1.87 bits per heavy atom. The molecule has 10 heteroatoms. The number of aromatic amines is 2. The third kappa shape index (κ3) is 7.35. The number of H-pyrrole nitrogens is 2. The normalized spacial score (nSPS) is 12.1. The van der Waals surface area contributed by atoms with Crippen molar-refractivity contribution in [2.45, 2.75) is 27.7 Å². The van der Waals surface area contributed by atoms with Gasteiger partial charge in [0, 0.05) is 52.6 Å². The van der Waals surface area contributed by atoms with Gasteiger partial charge in [-0.2, -0.15) is 5.10 Å². The molecule has 5 aromatic rings. The molecular weight excluding hydrogens is 584 g/mol. The number of aromatic nitrogens is 5. The number of hydrogen-bond acceptors (Lipinski definition) is 6. The molecule has 0 atom stereocenters. The van der Waals surface area contributed by atoms with Gasteiger partial charge in [0.05, 0.1) is 40.0 Å². The standard InChI is InChI=1S/C35H39FN8S/c1-8-9-27(22-12-24(36)15-25(13-22)38-10-11-44(6)7)28-16-31(40-21(28)2)33-29-17-30(39-20-32(29)42-43-33)23-14-26(19-37-18-23)41-34(45)35(3,4)5/h8-9,12-20,38,40H,1,10-11H2,2-7H3,(H,41,45)(H,42,43)/b27-9-. The maximum atomic E-state index is 14.8. The van der Waals surface area contributed by atoms with Crippen LogP contribution in [0.3, 0.4) is 0 Å². The Morgan fingerprint density at radius 1 is 1.07 bits per heavy atom. The Morgan fingerprint density at radius 3 is 2.60 bits per heavy atom. The summed E-state index contributed by atoms with van der Waals surface area (Å²) in [4.78, 5) is 15.4. The fourth-order valence-electron chi connectivity index (χ4n) is 4.94. The SMILES string of the molecule is C=C/C=C(/c1cc(F)cc(NCCN(C)C)c1)c1cc(-c2n[nH]c3cnc(-c4cncc(NC(=S)C(C)(C)C)c4)cc23)[nH]c1C. The fraction of sp³-hybridized carbons (Fsp3) is 0.257. The van der Waals surface area contributed by atoms with Crippen molar-refractivity contribution in [2.24, 2.45) is 5.41 Å². The molecule has 4 aromatic heterocycles. The molecule has 0 saturated carbocycles. The first-order valence-corrected chi connectivity index (χ1v) is 15.2. The van der Waals surface area contributed by atoms with Gasteiger partial charge >= 0.3 is 0 Å². The molecule has 4 N–H and O–H groups in total. The van der Waals surface area contributed by atoms with Crippen LogP contribution in [-0.2, 0) is 0 Å². The van der Waals surface area contributed by atoms with E-state index in [-0.39, 0.29) is 11.2 Å². The monoisotopic (exact) mass is 622 g/mol. The van der Waals surface area contributed by atoms with Crippen LogP contribution in [0.4, 0.5) is 15.8 Å². The van der Waals surface area contributed by atoms with E-state index in [1.807, 2.05) is 51.4 Å². The van der Waals surface area contributed by atoms with Gasteiger partial charge in [-0.15, -0.1) is 0 Å². The van der Waals surface area contributed by atoms with Crippen molar-refractivity contribution < 1.29 is 4.39 Å². The third-order valence-corrected chi connectivity index (χ3v) is 8.08. The van der Waals surface area contributed by atoms with Gasteiger partial charge in [0.2, 0.25) is 0 Å². The van der Waals surface area contributed by atoms with Gasteiger partial charge in [-0.1, -0.05) is 51.7 Å². The van der Waals surface area contributed by atoms with E-state index >= 15 is 0 Å². The number of aryl methyl sites for hydroxylation is 1. The lowest BCUT2D eigenvalue weighted by Crippen LogP contribution is -2.25. The Labute approximate surface area is 268 Å². The summed E-state index contributed by atoms with van der Waals surface area (Å²) in [5, 5.41) is 15.3. The molecular formula is C35H39FN8S. The highest BCUT2D eigenvalue weighted by Gasteiger charge is 2.19. The molecule has 0 saturated heterocycles. The van der Waals surface area contributed by atoms with Crippen molar-refractivity contribution >= 4 is 45.1 Å². The van der Waals surface area contributed by atoms with E-state index in [0.717, 1.165) is 78.9 Å². The van der Waals surface area contributed by atoms with Crippen molar-refractivity contribution in [3.8, 4) is 22.6 Å². The molecule has 0 radical (unpaired) electrons. The minimum Gasteiger partial charge on any atom is -0.384 e. The number of thiocarbonyl (C=S) groups is 1. The predicted octanol–water partition coefficient (Wildman–Crippen LogP) is 7.84. The van der Waals surface area contributed by atoms with Gasteiger partial charge in [0.1, 0.15) is 11.5 Å². The quantitative estimate of drug-likeness (QED) is 0.0931. The van der Waals surface area contributed by atoms with Crippen LogP contribution in [0, 0.1) is 18.2 Å². The van der Waals surface area contributed by atoms with E-state index in [2.05, 4.69) is 68.0 Å². The topological polar surface area (TPSA) is 97.6 Å². The highest BCUT2D eigenvalue weighted by Crippen LogP contribution is 2.35. The predicted molar refractivity (Wildman–Crippen MR) is 188 cm³/mol. The lowest BCUT2D eigenvalue weighted by Gasteiger charge is -2.21. The van der Waals surface area contributed by atoms with Gasteiger partial charge < -0.3 is 20.5 Å². The first-order valence-electron chi connectivity index (χ1n) is 14.8. The average Bonchev–Trinajstić information content (AvgIpc) is 3.57.